The molecule has 13 nitrogen and oxygen atoms in total. The first kappa shape index (κ1) is 31.7. The normalized spacial score (nSPS) is 13.9. The van der Waals surface area contributed by atoms with Crippen LogP contribution < -0.4 is 33.2 Å². The van der Waals surface area contributed by atoms with Crippen LogP contribution in [-0.4, -0.2) is 89.2 Å². The van der Waals surface area contributed by atoms with Crippen molar-refractivity contribution in [3.05, 3.63) is 35.9 Å². The van der Waals surface area contributed by atoms with Crippen LogP contribution in [0.2, 0.25) is 0 Å². The molecule has 0 aromatic heterocycles. The second-order valence-corrected chi connectivity index (χ2v) is 9.22. The molecule has 0 heterocycles. The number of aliphatic hydroxyl groups excluding tert-OH is 1. The number of aliphatic carboxylic acids is 1. The van der Waals surface area contributed by atoms with Crippen molar-refractivity contribution in [1.82, 2.24) is 16.0 Å². The molecule has 0 aliphatic carbocycles. The van der Waals surface area contributed by atoms with Crippen LogP contribution in [0.15, 0.2) is 35.3 Å². The number of thioether (sulfide) groups is 1. The molecular formula is C23H37N7O6S. The number of aliphatic hydroxyl groups is 1. The molecule has 3 amide bonds. The van der Waals surface area contributed by atoms with E-state index < -0.39 is 54.5 Å². The molecule has 1 aromatic rings. The molecule has 206 valence electrons. The summed E-state index contributed by atoms with van der Waals surface area (Å²) in [5, 5.41) is 26.6. The maximum Gasteiger partial charge on any atom is 0.326 e. The second-order valence-electron chi connectivity index (χ2n) is 8.23. The first-order valence-corrected chi connectivity index (χ1v) is 13.1. The lowest BCUT2D eigenvalue weighted by Crippen LogP contribution is -2.58. The minimum atomic E-state index is -1.35. The summed E-state index contributed by atoms with van der Waals surface area (Å²) in [5.74, 6) is -2.92. The predicted molar refractivity (Wildman–Crippen MR) is 142 cm³/mol. The zero-order chi connectivity index (χ0) is 27.8. The van der Waals surface area contributed by atoms with Gasteiger partial charge in [0.15, 0.2) is 5.96 Å². The highest BCUT2D eigenvalue weighted by Gasteiger charge is 2.30. The number of nitrogens with zero attached hydrogens (tertiary/aromatic N) is 1. The van der Waals surface area contributed by atoms with Gasteiger partial charge in [-0.1, -0.05) is 30.3 Å². The molecule has 37 heavy (non-hydrogen) atoms. The zero-order valence-electron chi connectivity index (χ0n) is 20.8. The minimum Gasteiger partial charge on any atom is -0.480 e. The summed E-state index contributed by atoms with van der Waals surface area (Å²) in [5.41, 5.74) is 17.1. The Bertz CT molecular complexity index is 914. The maximum atomic E-state index is 13.1. The van der Waals surface area contributed by atoms with Crippen LogP contribution in [0.3, 0.4) is 0 Å². The Hall–Kier alpha value is -3.36. The molecule has 1 aromatic carbocycles. The van der Waals surface area contributed by atoms with E-state index in [1.54, 1.807) is 30.3 Å². The standard InChI is InChI=1S/C23H37N7O6S/c1-37-11-9-15(24)19(32)30-18(13-31)21(34)29-17(12-14-6-3-2-4-7-14)20(33)28-16(22(35)36)8-5-10-27-23(25)26/h2-4,6-7,15-18,31H,5,8-13,24H2,1H3,(H,28,33)(H,29,34)(H,30,32)(H,35,36)(H4,25,26,27). The van der Waals surface area contributed by atoms with Crippen LogP contribution in [-0.2, 0) is 25.6 Å². The molecule has 0 bridgehead atoms. The van der Waals surface area contributed by atoms with Crippen LogP contribution >= 0.6 is 11.8 Å². The van der Waals surface area contributed by atoms with Gasteiger partial charge in [-0.2, -0.15) is 11.8 Å². The van der Waals surface area contributed by atoms with Crippen molar-refractivity contribution in [1.29, 1.82) is 0 Å². The summed E-state index contributed by atoms with van der Waals surface area (Å²) in [7, 11) is 0. The van der Waals surface area contributed by atoms with Gasteiger partial charge >= 0.3 is 5.97 Å². The van der Waals surface area contributed by atoms with Crippen molar-refractivity contribution in [3.8, 4) is 0 Å². The number of guanidine groups is 1. The molecule has 4 atom stereocenters. The fraction of sp³-hybridized carbons (Fsp3) is 0.522. The second kappa shape index (κ2) is 17.2. The Labute approximate surface area is 220 Å². The van der Waals surface area contributed by atoms with E-state index in [0.717, 1.165) is 0 Å². The highest BCUT2D eigenvalue weighted by molar-refractivity contribution is 7.98. The van der Waals surface area contributed by atoms with Crippen LogP contribution in [0.4, 0.5) is 0 Å². The first-order chi connectivity index (χ1) is 17.6. The minimum absolute atomic E-state index is 0.0398. The van der Waals surface area contributed by atoms with E-state index in [4.69, 9.17) is 17.2 Å². The Morgan fingerprint density at radius 3 is 2.11 bits per heavy atom. The lowest BCUT2D eigenvalue weighted by molar-refractivity contribution is -0.142. The molecule has 1 rings (SSSR count). The number of carboxylic acid groups (broad SMARTS) is 1. The quantitative estimate of drug-likeness (QED) is 0.0609. The molecule has 0 saturated carbocycles. The summed E-state index contributed by atoms with van der Waals surface area (Å²) in [6.45, 7) is -0.543. The van der Waals surface area contributed by atoms with E-state index in [0.29, 0.717) is 24.2 Å². The van der Waals surface area contributed by atoms with Crippen LogP contribution in [0, 0.1) is 0 Å². The van der Waals surface area contributed by atoms with Gasteiger partial charge in [-0.15, -0.1) is 0 Å². The van der Waals surface area contributed by atoms with Gasteiger partial charge in [-0.05, 0) is 36.8 Å². The average molecular weight is 540 g/mol. The summed E-state index contributed by atoms with van der Waals surface area (Å²) < 4.78 is 0. The van der Waals surface area contributed by atoms with E-state index in [-0.39, 0.29) is 25.3 Å². The lowest BCUT2D eigenvalue weighted by atomic mass is 10.0. The van der Waals surface area contributed by atoms with Gasteiger partial charge in [0.1, 0.15) is 18.1 Å². The number of carbonyl (C=O) groups excluding carboxylic acids is 3. The molecule has 0 aliphatic heterocycles. The topological polar surface area (TPSA) is 235 Å². The third-order valence-corrected chi connectivity index (χ3v) is 5.90. The van der Waals surface area contributed by atoms with Gasteiger partial charge in [-0.25, -0.2) is 4.79 Å². The summed E-state index contributed by atoms with van der Waals surface area (Å²) in [4.78, 5) is 53.8. The molecule has 14 heteroatoms. The van der Waals surface area contributed by atoms with Crippen molar-refractivity contribution in [3.63, 3.8) is 0 Å². The van der Waals surface area contributed by atoms with Gasteiger partial charge in [0.25, 0.3) is 0 Å². The number of nitrogens with one attached hydrogen (secondary N) is 3. The number of benzene rings is 1. The van der Waals surface area contributed by atoms with Gasteiger partial charge in [0.05, 0.1) is 12.6 Å². The Balaban J connectivity index is 2.96. The van der Waals surface area contributed by atoms with Gasteiger partial charge < -0.3 is 43.4 Å². The van der Waals surface area contributed by atoms with E-state index in [1.165, 1.54) is 11.8 Å². The van der Waals surface area contributed by atoms with Crippen molar-refractivity contribution in [2.45, 2.75) is 49.9 Å². The van der Waals surface area contributed by atoms with E-state index in [9.17, 15) is 29.4 Å². The number of nitrogens with two attached hydrogens (primary N) is 3. The Morgan fingerprint density at radius 1 is 0.946 bits per heavy atom. The number of amides is 3. The van der Waals surface area contributed by atoms with Gasteiger partial charge in [-0.3, -0.25) is 19.4 Å². The van der Waals surface area contributed by atoms with Gasteiger partial charge in [0.2, 0.25) is 17.7 Å². The molecule has 0 saturated heterocycles. The molecular weight excluding hydrogens is 502 g/mol. The number of carboxylic acids is 1. The Morgan fingerprint density at radius 2 is 1.54 bits per heavy atom. The third-order valence-electron chi connectivity index (χ3n) is 5.26. The number of aliphatic imine (C=N–C) groups is 1. The zero-order valence-corrected chi connectivity index (χ0v) is 21.6. The summed E-state index contributed by atoms with van der Waals surface area (Å²) in [6.07, 6.45) is 2.63. The van der Waals surface area contributed by atoms with E-state index in [2.05, 4.69) is 20.9 Å². The van der Waals surface area contributed by atoms with Crippen molar-refractivity contribution >= 4 is 41.4 Å². The molecule has 0 spiro atoms. The smallest absolute Gasteiger partial charge is 0.326 e. The number of hydrogen-bond donors (Lipinski definition) is 8. The number of rotatable bonds is 17. The van der Waals surface area contributed by atoms with Crippen molar-refractivity contribution < 1.29 is 29.4 Å². The summed E-state index contributed by atoms with van der Waals surface area (Å²) in [6, 6.07) is 4.11. The predicted octanol–water partition coefficient (Wildman–Crippen LogP) is -2.11. The number of hydrogen-bond acceptors (Lipinski definition) is 8. The fourth-order valence-electron chi connectivity index (χ4n) is 3.21. The Kier molecular flexibility index (Phi) is 14.7. The molecule has 0 aliphatic rings. The molecule has 11 N–H and O–H groups in total. The average Bonchev–Trinajstić information content (AvgIpc) is 2.86. The van der Waals surface area contributed by atoms with Crippen LogP contribution in [0.25, 0.3) is 0 Å². The molecule has 0 radical (unpaired) electrons. The molecule has 0 fully saturated rings. The van der Waals surface area contributed by atoms with Gasteiger partial charge in [0, 0.05) is 13.0 Å². The van der Waals surface area contributed by atoms with E-state index >= 15 is 0 Å². The number of carbonyl (C=O) groups is 4. The fourth-order valence-corrected chi connectivity index (χ4v) is 3.70. The SMILES string of the molecule is CSCCC(N)C(=O)NC(CO)C(=O)NC(Cc1ccccc1)C(=O)NC(CCCN=C(N)N)C(=O)O. The van der Waals surface area contributed by atoms with Crippen LogP contribution in [0.1, 0.15) is 24.8 Å². The third kappa shape index (κ3) is 12.4. The van der Waals surface area contributed by atoms with Crippen molar-refractivity contribution in [2.75, 3.05) is 25.2 Å². The maximum absolute atomic E-state index is 13.1. The largest absolute Gasteiger partial charge is 0.480 e. The van der Waals surface area contributed by atoms with Crippen LogP contribution in [0.5, 0.6) is 0 Å². The highest BCUT2D eigenvalue weighted by Crippen LogP contribution is 2.07. The van der Waals surface area contributed by atoms with E-state index in [1.807, 2.05) is 6.26 Å². The first-order valence-electron chi connectivity index (χ1n) is 11.7. The molecule has 4 unspecified atom stereocenters. The lowest BCUT2D eigenvalue weighted by Gasteiger charge is -2.24. The summed E-state index contributed by atoms with van der Waals surface area (Å²) >= 11 is 1.51. The highest BCUT2D eigenvalue weighted by atomic mass is 32.2. The monoisotopic (exact) mass is 539 g/mol. The van der Waals surface area contributed by atoms with Crippen molar-refractivity contribution in [2.24, 2.45) is 22.2 Å².